The van der Waals surface area contributed by atoms with Crippen molar-refractivity contribution in [2.75, 3.05) is 6.54 Å². The Morgan fingerprint density at radius 1 is 1.29 bits per heavy atom. The van der Waals surface area contributed by atoms with Crippen LogP contribution in [0.25, 0.3) is 0 Å². The summed E-state index contributed by atoms with van der Waals surface area (Å²) in [6.07, 6.45) is 1.49. The van der Waals surface area contributed by atoms with Gasteiger partial charge in [0.05, 0.1) is 6.54 Å². The molecule has 0 unspecified atom stereocenters. The Hall–Kier alpha value is -1.31. The normalized spacial score (nSPS) is 22.5. The van der Waals surface area contributed by atoms with E-state index in [2.05, 4.69) is 27.5 Å². The minimum Gasteiger partial charge on any atom is -0.357 e. The number of aromatic nitrogens is 1. The Labute approximate surface area is 145 Å². The van der Waals surface area contributed by atoms with Crippen LogP contribution in [0.5, 0.6) is 0 Å². The third-order valence-electron chi connectivity index (χ3n) is 4.32. The highest BCUT2D eigenvalue weighted by Gasteiger charge is 2.33. The molecule has 0 amide bonds. The number of halogens is 3. The lowest BCUT2D eigenvalue weighted by Crippen LogP contribution is -2.44. The third kappa shape index (κ3) is 5.65. The second-order valence-electron chi connectivity index (χ2n) is 6.09. The van der Waals surface area contributed by atoms with Gasteiger partial charge in [-0.15, -0.1) is 11.3 Å². The van der Waals surface area contributed by atoms with Crippen molar-refractivity contribution in [3.8, 4) is 0 Å². The highest BCUT2D eigenvalue weighted by molar-refractivity contribution is 7.09. The molecular weight excluding hydrogens is 337 g/mol. The molecule has 1 aromatic rings. The van der Waals surface area contributed by atoms with E-state index in [4.69, 9.17) is 0 Å². The summed E-state index contributed by atoms with van der Waals surface area (Å²) in [6, 6.07) is 0.382. The number of hydrogen-bond donors (Lipinski definition) is 2. The summed E-state index contributed by atoms with van der Waals surface area (Å²) in [5.74, 6) is 1.47. The monoisotopic (exact) mass is 362 g/mol. The molecule has 24 heavy (non-hydrogen) atoms. The van der Waals surface area contributed by atoms with Crippen molar-refractivity contribution in [2.45, 2.75) is 64.7 Å². The van der Waals surface area contributed by atoms with Crippen LogP contribution in [0.1, 0.15) is 56.7 Å². The third-order valence-corrected chi connectivity index (χ3v) is 5.16. The zero-order valence-corrected chi connectivity index (χ0v) is 14.9. The largest absolute Gasteiger partial charge is 0.434 e. The summed E-state index contributed by atoms with van der Waals surface area (Å²) in [7, 11) is 0. The van der Waals surface area contributed by atoms with Gasteiger partial charge in [-0.2, -0.15) is 13.2 Å². The number of thiazole rings is 1. The second kappa shape index (κ2) is 8.69. The van der Waals surface area contributed by atoms with Gasteiger partial charge in [0.15, 0.2) is 11.7 Å². The average Bonchev–Trinajstić information content (AvgIpc) is 3.03. The van der Waals surface area contributed by atoms with Crippen LogP contribution in [0.4, 0.5) is 13.2 Å². The standard InChI is InChI=1S/C16H25F3N4S/c1-3-11-5-7-12(8-6-11)22-15(20-4-2)21-9-14-23-13(10-24-14)16(17,18)19/h10-12H,3-9H2,1-2H3,(H2,20,21,22). The van der Waals surface area contributed by atoms with E-state index in [1.165, 1.54) is 19.3 Å². The van der Waals surface area contributed by atoms with Gasteiger partial charge in [0, 0.05) is 18.0 Å². The van der Waals surface area contributed by atoms with Crippen molar-refractivity contribution in [2.24, 2.45) is 10.9 Å². The van der Waals surface area contributed by atoms with Crippen molar-refractivity contribution >= 4 is 17.3 Å². The van der Waals surface area contributed by atoms with Gasteiger partial charge in [-0.25, -0.2) is 9.98 Å². The maximum Gasteiger partial charge on any atom is 0.434 e. The fourth-order valence-electron chi connectivity index (χ4n) is 2.89. The van der Waals surface area contributed by atoms with Crippen molar-refractivity contribution in [3.63, 3.8) is 0 Å². The van der Waals surface area contributed by atoms with E-state index in [1.54, 1.807) is 0 Å². The summed E-state index contributed by atoms with van der Waals surface area (Å²) < 4.78 is 37.7. The lowest BCUT2D eigenvalue weighted by atomic mass is 9.84. The lowest BCUT2D eigenvalue weighted by molar-refractivity contribution is -0.140. The van der Waals surface area contributed by atoms with E-state index in [9.17, 15) is 13.2 Å². The summed E-state index contributed by atoms with van der Waals surface area (Å²) in [6.45, 7) is 5.06. The van der Waals surface area contributed by atoms with E-state index < -0.39 is 11.9 Å². The molecule has 2 rings (SSSR count). The predicted octanol–water partition coefficient (Wildman–Crippen LogP) is 4.19. The Bertz CT molecular complexity index is 534. The fourth-order valence-corrected chi connectivity index (χ4v) is 3.61. The molecule has 0 spiro atoms. The zero-order chi connectivity index (χ0) is 17.6. The van der Waals surface area contributed by atoms with E-state index in [1.807, 2.05) is 6.92 Å². The lowest BCUT2D eigenvalue weighted by Gasteiger charge is -2.29. The van der Waals surface area contributed by atoms with Gasteiger partial charge in [0.25, 0.3) is 0 Å². The molecule has 0 bridgehead atoms. The minimum atomic E-state index is -4.39. The first-order chi connectivity index (χ1) is 11.4. The van der Waals surface area contributed by atoms with Gasteiger partial charge >= 0.3 is 6.18 Å². The Morgan fingerprint density at radius 2 is 2.00 bits per heavy atom. The van der Waals surface area contributed by atoms with Gasteiger partial charge in [-0.1, -0.05) is 13.3 Å². The van der Waals surface area contributed by atoms with Gasteiger partial charge in [0.1, 0.15) is 5.01 Å². The quantitative estimate of drug-likeness (QED) is 0.610. The van der Waals surface area contributed by atoms with Gasteiger partial charge in [-0.3, -0.25) is 0 Å². The van der Waals surface area contributed by atoms with Crippen LogP contribution in [-0.4, -0.2) is 23.5 Å². The van der Waals surface area contributed by atoms with Crippen molar-refractivity contribution in [1.82, 2.24) is 15.6 Å². The molecule has 2 N–H and O–H groups in total. The number of nitrogens with zero attached hydrogens (tertiary/aromatic N) is 2. The van der Waals surface area contributed by atoms with E-state index in [0.29, 0.717) is 23.6 Å². The van der Waals surface area contributed by atoms with Crippen LogP contribution in [0.2, 0.25) is 0 Å². The van der Waals surface area contributed by atoms with E-state index in [-0.39, 0.29) is 6.54 Å². The maximum atomic E-state index is 12.6. The van der Waals surface area contributed by atoms with Crippen LogP contribution in [0.3, 0.4) is 0 Å². The summed E-state index contributed by atoms with van der Waals surface area (Å²) >= 11 is 0.992. The summed E-state index contributed by atoms with van der Waals surface area (Å²) in [5, 5.41) is 7.97. The molecule has 136 valence electrons. The fraction of sp³-hybridized carbons (Fsp3) is 0.750. The van der Waals surface area contributed by atoms with Crippen LogP contribution >= 0.6 is 11.3 Å². The maximum absolute atomic E-state index is 12.6. The van der Waals surface area contributed by atoms with E-state index >= 15 is 0 Å². The number of hydrogen-bond acceptors (Lipinski definition) is 3. The number of guanidine groups is 1. The van der Waals surface area contributed by atoms with Crippen LogP contribution in [0, 0.1) is 5.92 Å². The first-order valence-electron chi connectivity index (χ1n) is 8.48. The summed E-state index contributed by atoms with van der Waals surface area (Å²) in [4.78, 5) is 8.00. The van der Waals surface area contributed by atoms with Crippen LogP contribution in [0.15, 0.2) is 10.4 Å². The zero-order valence-electron chi connectivity index (χ0n) is 14.1. The molecule has 0 saturated heterocycles. The number of nitrogens with one attached hydrogen (secondary N) is 2. The number of aliphatic imine (C=N–C) groups is 1. The van der Waals surface area contributed by atoms with Crippen LogP contribution in [-0.2, 0) is 12.7 Å². The molecule has 1 aliphatic rings. The average molecular weight is 362 g/mol. The smallest absolute Gasteiger partial charge is 0.357 e. The molecule has 1 aliphatic carbocycles. The van der Waals surface area contributed by atoms with E-state index in [0.717, 1.165) is 35.5 Å². The molecule has 4 nitrogen and oxygen atoms in total. The Kier molecular flexibility index (Phi) is 6.89. The minimum absolute atomic E-state index is 0.153. The molecule has 0 aromatic carbocycles. The predicted molar refractivity (Wildman–Crippen MR) is 91.1 cm³/mol. The molecule has 1 heterocycles. The van der Waals surface area contributed by atoms with Crippen molar-refractivity contribution in [1.29, 1.82) is 0 Å². The SMILES string of the molecule is CCNC(=NCc1nc(C(F)(F)F)cs1)NC1CCC(CC)CC1. The first kappa shape index (κ1) is 19.0. The van der Waals surface area contributed by atoms with Gasteiger partial charge in [-0.05, 0) is 38.5 Å². The first-order valence-corrected chi connectivity index (χ1v) is 9.36. The topological polar surface area (TPSA) is 49.3 Å². The highest BCUT2D eigenvalue weighted by Crippen LogP contribution is 2.30. The van der Waals surface area contributed by atoms with Crippen molar-refractivity contribution in [3.05, 3.63) is 16.1 Å². The van der Waals surface area contributed by atoms with Gasteiger partial charge in [0.2, 0.25) is 0 Å². The van der Waals surface area contributed by atoms with Gasteiger partial charge < -0.3 is 10.6 Å². The summed E-state index contributed by atoms with van der Waals surface area (Å²) in [5.41, 5.74) is -0.839. The molecule has 1 fully saturated rings. The molecule has 0 radical (unpaired) electrons. The molecule has 0 aliphatic heterocycles. The molecule has 8 heteroatoms. The van der Waals surface area contributed by atoms with Crippen molar-refractivity contribution < 1.29 is 13.2 Å². The van der Waals surface area contributed by atoms with Crippen LogP contribution < -0.4 is 10.6 Å². The molecule has 1 saturated carbocycles. The Morgan fingerprint density at radius 3 is 2.54 bits per heavy atom. The highest BCUT2D eigenvalue weighted by atomic mass is 32.1. The molecular formula is C16H25F3N4S. The second-order valence-corrected chi connectivity index (χ2v) is 7.03. The molecule has 0 atom stereocenters. The number of alkyl halides is 3. The molecule has 1 aromatic heterocycles. The number of rotatable bonds is 5. The Balaban J connectivity index is 1.92.